The average molecular weight is 514 g/mol. The lowest BCUT2D eigenvalue weighted by Gasteiger charge is -2.36. The molecule has 0 spiro atoms. The number of anilines is 1. The fourth-order valence-electron chi connectivity index (χ4n) is 5.44. The Morgan fingerprint density at radius 3 is 2.37 bits per heavy atom. The number of piperazine rings is 1. The molecular formula is C32H39N3O3. The van der Waals surface area contributed by atoms with Gasteiger partial charge in [-0.25, -0.2) is 0 Å². The molecular weight excluding hydrogens is 474 g/mol. The molecule has 200 valence electrons. The maximum atomic E-state index is 6.66. The number of aryl methyl sites for hydroxylation is 1. The second-order valence-electron chi connectivity index (χ2n) is 10.1. The van der Waals surface area contributed by atoms with Gasteiger partial charge in [-0.1, -0.05) is 48.9 Å². The van der Waals surface area contributed by atoms with Crippen molar-refractivity contribution in [3.8, 4) is 11.5 Å². The Bertz CT molecular complexity index is 1290. The summed E-state index contributed by atoms with van der Waals surface area (Å²) in [5.74, 6) is 2.52. The van der Waals surface area contributed by atoms with Gasteiger partial charge < -0.3 is 24.5 Å². The summed E-state index contributed by atoms with van der Waals surface area (Å²) < 4.78 is 17.2. The van der Waals surface area contributed by atoms with Crippen LogP contribution in [0.25, 0.3) is 11.0 Å². The molecule has 3 aromatic carbocycles. The van der Waals surface area contributed by atoms with Crippen LogP contribution in [0, 0.1) is 0 Å². The van der Waals surface area contributed by atoms with Gasteiger partial charge >= 0.3 is 0 Å². The van der Waals surface area contributed by atoms with Crippen LogP contribution in [0.3, 0.4) is 0 Å². The van der Waals surface area contributed by atoms with E-state index < -0.39 is 0 Å². The van der Waals surface area contributed by atoms with Crippen LogP contribution in [0.4, 0.5) is 5.69 Å². The van der Waals surface area contributed by atoms with Crippen molar-refractivity contribution >= 4 is 16.7 Å². The Kier molecular flexibility index (Phi) is 8.51. The Morgan fingerprint density at radius 1 is 0.816 bits per heavy atom. The summed E-state index contributed by atoms with van der Waals surface area (Å²) in [5.41, 5.74) is 11.0. The lowest BCUT2D eigenvalue weighted by molar-refractivity contribution is 0.251. The normalized spacial score (nSPS) is 15.1. The number of nitrogens with zero attached hydrogens (tertiary/aromatic N) is 2. The van der Waals surface area contributed by atoms with Gasteiger partial charge in [0.25, 0.3) is 0 Å². The predicted octanol–water partition coefficient (Wildman–Crippen LogP) is 6.03. The number of ether oxygens (including phenoxy) is 2. The van der Waals surface area contributed by atoms with Crippen molar-refractivity contribution in [3.05, 3.63) is 89.7 Å². The first kappa shape index (κ1) is 26.1. The van der Waals surface area contributed by atoms with Gasteiger partial charge in [0.2, 0.25) is 0 Å². The van der Waals surface area contributed by atoms with Gasteiger partial charge in [0.1, 0.15) is 22.8 Å². The van der Waals surface area contributed by atoms with E-state index in [1.807, 2.05) is 48.5 Å². The van der Waals surface area contributed by atoms with Gasteiger partial charge in [0.15, 0.2) is 0 Å². The molecule has 2 heterocycles. The molecule has 6 heteroatoms. The third kappa shape index (κ3) is 5.98. The number of hydrogen-bond acceptors (Lipinski definition) is 6. The highest BCUT2D eigenvalue weighted by atomic mass is 16.5. The third-order valence-corrected chi connectivity index (χ3v) is 7.62. The number of nitrogens with two attached hydrogens (primary N) is 1. The van der Waals surface area contributed by atoms with E-state index in [9.17, 15) is 0 Å². The van der Waals surface area contributed by atoms with E-state index in [1.54, 1.807) is 14.2 Å². The van der Waals surface area contributed by atoms with Crippen LogP contribution in [0.5, 0.6) is 11.5 Å². The molecule has 1 aromatic heterocycles. The summed E-state index contributed by atoms with van der Waals surface area (Å²) in [5, 5.41) is 1.06. The zero-order valence-electron chi connectivity index (χ0n) is 22.6. The van der Waals surface area contributed by atoms with Crippen LogP contribution >= 0.6 is 0 Å². The van der Waals surface area contributed by atoms with Crippen molar-refractivity contribution in [2.75, 3.05) is 51.8 Å². The van der Waals surface area contributed by atoms with E-state index in [0.29, 0.717) is 0 Å². The fourth-order valence-corrected chi connectivity index (χ4v) is 5.44. The maximum Gasteiger partial charge on any atom is 0.142 e. The number of methoxy groups -OCH3 is 2. The van der Waals surface area contributed by atoms with Gasteiger partial charge in [-0.3, -0.25) is 4.90 Å². The molecule has 1 atom stereocenters. The van der Waals surface area contributed by atoms with E-state index in [0.717, 1.165) is 79.4 Å². The van der Waals surface area contributed by atoms with E-state index in [4.69, 9.17) is 19.6 Å². The number of para-hydroxylation sites is 3. The fraction of sp³-hybridized carbons (Fsp3) is 0.375. The molecule has 1 aliphatic rings. The van der Waals surface area contributed by atoms with E-state index in [2.05, 4.69) is 34.1 Å². The Hall–Kier alpha value is -3.48. The number of rotatable bonds is 11. The Labute approximate surface area is 225 Å². The summed E-state index contributed by atoms with van der Waals surface area (Å²) in [7, 11) is 3.44. The molecule has 0 radical (unpaired) electrons. The van der Waals surface area contributed by atoms with Crippen molar-refractivity contribution in [2.45, 2.75) is 31.7 Å². The Morgan fingerprint density at radius 2 is 1.58 bits per heavy atom. The van der Waals surface area contributed by atoms with Crippen molar-refractivity contribution in [1.82, 2.24) is 4.90 Å². The largest absolute Gasteiger partial charge is 0.496 e. The second kappa shape index (κ2) is 12.4. The highest BCUT2D eigenvalue weighted by molar-refractivity contribution is 5.78. The van der Waals surface area contributed by atoms with Gasteiger partial charge in [0.05, 0.1) is 25.9 Å². The molecule has 6 nitrogen and oxygen atoms in total. The molecule has 1 aliphatic heterocycles. The van der Waals surface area contributed by atoms with Gasteiger partial charge in [-0.15, -0.1) is 0 Å². The van der Waals surface area contributed by atoms with Crippen LogP contribution in [0.1, 0.15) is 42.2 Å². The minimum Gasteiger partial charge on any atom is -0.496 e. The molecule has 4 aromatic rings. The molecule has 0 bridgehead atoms. The van der Waals surface area contributed by atoms with Crippen LogP contribution in [-0.2, 0) is 6.42 Å². The highest BCUT2D eigenvalue weighted by Crippen LogP contribution is 2.33. The number of furan rings is 1. The topological polar surface area (TPSA) is 64.1 Å². The quantitative estimate of drug-likeness (QED) is 0.247. The zero-order valence-corrected chi connectivity index (χ0v) is 22.6. The number of hydrogen-bond donors (Lipinski definition) is 1. The standard InChI is InChI=1S/C32H39N3O3/c1-36-29-16-15-24(22-26(29)32(33)31-23-25-11-5-7-13-28(25)38-31)10-4-3-9-17-34-18-20-35(21-19-34)27-12-6-8-14-30(27)37-2/h5-8,11-16,22-23,32H,3-4,9-10,17-21,33H2,1-2H3. The number of fused-ring (bicyclic) bond motifs is 1. The maximum absolute atomic E-state index is 6.66. The minimum atomic E-state index is -0.369. The van der Waals surface area contributed by atoms with Gasteiger partial charge in [0, 0.05) is 37.1 Å². The SMILES string of the molecule is COc1ccc(CCCCCN2CCN(c3ccccc3OC)CC2)cc1C(N)c1cc2ccccc2o1. The number of unbranched alkanes of at least 4 members (excludes halogenated alkanes) is 2. The van der Waals surface area contributed by atoms with Gasteiger partial charge in [-0.2, -0.15) is 0 Å². The number of benzene rings is 3. The third-order valence-electron chi connectivity index (χ3n) is 7.62. The summed E-state index contributed by atoms with van der Waals surface area (Å²) in [6.45, 7) is 5.44. The minimum absolute atomic E-state index is 0.369. The summed E-state index contributed by atoms with van der Waals surface area (Å²) in [6, 6.07) is 24.4. The molecule has 0 amide bonds. The van der Waals surface area contributed by atoms with E-state index in [1.165, 1.54) is 24.1 Å². The summed E-state index contributed by atoms with van der Waals surface area (Å²) >= 11 is 0. The van der Waals surface area contributed by atoms with E-state index >= 15 is 0 Å². The second-order valence-corrected chi connectivity index (χ2v) is 10.1. The van der Waals surface area contributed by atoms with Crippen molar-refractivity contribution < 1.29 is 13.9 Å². The molecule has 0 aliphatic carbocycles. The van der Waals surface area contributed by atoms with Gasteiger partial charge in [-0.05, 0) is 61.7 Å². The molecule has 5 rings (SSSR count). The predicted molar refractivity (Wildman–Crippen MR) is 154 cm³/mol. The molecule has 1 unspecified atom stereocenters. The first-order valence-corrected chi connectivity index (χ1v) is 13.7. The smallest absolute Gasteiger partial charge is 0.142 e. The molecule has 38 heavy (non-hydrogen) atoms. The molecule has 1 saturated heterocycles. The molecule has 2 N–H and O–H groups in total. The lowest BCUT2D eigenvalue weighted by atomic mass is 9.98. The first-order chi connectivity index (χ1) is 18.7. The molecule has 0 saturated carbocycles. The monoisotopic (exact) mass is 513 g/mol. The van der Waals surface area contributed by atoms with E-state index in [-0.39, 0.29) is 6.04 Å². The average Bonchev–Trinajstić information content (AvgIpc) is 3.41. The van der Waals surface area contributed by atoms with Crippen molar-refractivity contribution in [1.29, 1.82) is 0 Å². The lowest BCUT2D eigenvalue weighted by Crippen LogP contribution is -2.46. The Balaban J connectivity index is 1.09. The van der Waals surface area contributed by atoms with Crippen LogP contribution < -0.4 is 20.1 Å². The van der Waals surface area contributed by atoms with Crippen molar-refractivity contribution in [2.24, 2.45) is 5.73 Å². The summed E-state index contributed by atoms with van der Waals surface area (Å²) in [6.07, 6.45) is 4.62. The highest BCUT2D eigenvalue weighted by Gasteiger charge is 2.20. The van der Waals surface area contributed by atoms with Crippen LogP contribution in [-0.4, -0.2) is 51.8 Å². The summed E-state index contributed by atoms with van der Waals surface area (Å²) in [4.78, 5) is 5.02. The van der Waals surface area contributed by atoms with Crippen LogP contribution in [0.2, 0.25) is 0 Å². The zero-order chi connectivity index (χ0) is 26.3. The van der Waals surface area contributed by atoms with Crippen molar-refractivity contribution in [3.63, 3.8) is 0 Å². The van der Waals surface area contributed by atoms with Crippen LogP contribution in [0.15, 0.2) is 77.2 Å². The first-order valence-electron chi connectivity index (χ1n) is 13.7. The molecule has 1 fully saturated rings.